The first kappa shape index (κ1) is 13.2. The summed E-state index contributed by atoms with van der Waals surface area (Å²) in [7, 11) is 0. The highest BCUT2D eigenvalue weighted by molar-refractivity contribution is 6.33. The number of rotatable bonds is 3. The summed E-state index contributed by atoms with van der Waals surface area (Å²) < 4.78 is 0. The van der Waals surface area contributed by atoms with Crippen molar-refractivity contribution in [3.8, 4) is 0 Å². The van der Waals surface area contributed by atoms with Gasteiger partial charge in [-0.1, -0.05) is 30.1 Å². The van der Waals surface area contributed by atoms with Crippen molar-refractivity contribution >= 4 is 23.2 Å². The average Bonchev–Trinajstić information content (AvgIpc) is 2.36. The first-order valence-corrected chi connectivity index (χ1v) is 6.87. The average molecular weight is 273 g/mol. The van der Waals surface area contributed by atoms with E-state index in [9.17, 15) is 0 Å². The van der Waals surface area contributed by atoms with Crippen LogP contribution in [0.5, 0.6) is 0 Å². The smallest absolute Gasteiger partial charge is 0.0454 e. The van der Waals surface area contributed by atoms with E-state index in [4.69, 9.17) is 23.2 Å². The Bertz CT molecular complexity index is 376. The van der Waals surface area contributed by atoms with Gasteiger partial charge in [-0.2, -0.15) is 0 Å². The molecular formula is C13H18Cl2N2. The molecule has 1 N–H and O–H groups in total. The predicted molar refractivity (Wildman–Crippen MR) is 73.9 cm³/mol. The van der Waals surface area contributed by atoms with Crippen LogP contribution in [0.2, 0.25) is 10.0 Å². The standard InChI is InChI=1S/C13H18Cl2N2/c1-2-13(17-7-5-16-6-8-17)11-9-10(14)3-4-12(11)15/h3-4,9,13,16H,2,5-8H2,1H3/t13-/m0/s1. The van der Waals surface area contributed by atoms with Gasteiger partial charge in [0, 0.05) is 42.3 Å². The molecule has 1 saturated heterocycles. The molecule has 2 rings (SSSR count). The van der Waals surface area contributed by atoms with Crippen LogP contribution < -0.4 is 5.32 Å². The minimum Gasteiger partial charge on any atom is -0.314 e. The molecule has 0 saturated carbocycles. The van der Waals surface area contributed by atoms with Gasteiger partial charge in [0.2, 0.25) is 0 Å². The van der Waals surface area contributed by atoms with Crippen molar-refractivity contribution in [2.45, 2.75) is 19.4 Å². The number of halogens is 2. The Morgan fingerprint density at radius 3 is 2.65 bits per heavy atom. The number of nitrogens with one attached hydrogen (secondary N) is 1. The molecule has 1 aliphatic heterocycles. The van der Waals surface area contributed by atoms with Gasteiger partial charge >= 0.3 is 0 Å². The summed E-state index contributed by atoms with van der Waals surface area (Å²) in [6, 6.07) is 6.12. The summed E-state index contributed by atoms with van der Waals surface area (Å²) >= 11 is 12.4. The largest absolute Gasteiger partial charge is 0.314 e. The van der Waals surface area contributed by atoms with Gasteiger partial charge in [-0.05, 0) is 30.2 Å². The van der Waals surface area contributed by atoms with Crippen LogP contribution in [0.3, 0.4) is 0 Å². The van der Waals surface area contributed by atoms with Gasteiger partial charge in [0.25, 0.3) is 0 Å². The molecule has 17 heavy (non-hydrogen) atoms. The SMILES string of the molecule is CC[C@@H](c1cc(Cl)ccc1Cl)N1CCNCC1. The van der Waals surface area contributed by atoms with Gasteiger partial charge in [0.05, 0.1) is 0 Å². The van der Waals surface area contributed by atoms with E-state index in [2.05, 4.69) is 17.1 Å². The third-order valence-corrected chi connectivity index (χ3v) is 3.88. The molecule has 1 aromatic rings. The Morgan fingerprint density at radius 2 is 2.00 bits per heavy atom. The Morgan fingerprint density at radius 1 is 1.29 bits per heavy atom. The number of hydrogen-bond acceptors (Lipinski definition) is 2. The summed E-state index contributed by atoms with van der Waals surface area (Å²) in [5, 5.41) is 4.95. The monoisotopic (exact) mass is 272 g/mol. The van der Waals surface area contributed by atoms with E-state index in [0.717, 1.165) is 48.2 Å². The highest BCUT2D eigenvalue weighted by Gasteiger charge is 2.22. The molecule has 0 radical (unpaired) electrons. The van der Waals surface area contributed by atoms with Gasteiger partial charge in [-0.25, -0.2) is 0 Å². The van der Waals surface area contributed by atoms with Gasteiger partial charge in [0.15, 0.2) is 0 Å². The number of piperazine rings is 1. The summed E-state index contributed by atoms with van der Waals surface area (Å²) in [6.45, 7) is 6.44. The summed E-state index contributed by atoms with van der Waals surface area (Å²) in [5.74, 6) is 0. The Hall–Kier alpha value is -0.280. The number of benzene rings is 1. The van der Waals surface area contributed by atoms with E-state index in [-0.39, 0.29) is 0 Å². The fraction of sp³-hybridized carbons (Fsp3) is 0.538. The normalized spacial score (nSPS) is 19.2. The molecule has 94 valence electrons. The Labute approximate surface area is 113 Å². The van der Waals surface area contributed by atoms with Crippen LogP contribution in [0.25, 0.3) is 0 Å². The maximum Gasteiger partial charge on any atom is 0.0454 e. The topological polar surface area (TPSA) is 15.3 Å². The number of nitrogens with zero attached hydrogens (tertiary/aromatic N) is 1. The van der Waals surface area contributed by atoms with E-state index < -0.39 is 0 Å². The Kier molecular flexibility index (Phi) is 4.69. The second-order valence-corrected chi connectivity index (χ2v) is 5.22. The van der Waals surface area contributed by atoms with Crippen molar-refractivity contribution in [1.29, 1.82) is 0 Å². The lowest BCUT2D eigenvalue weighted by atomic mass is 10.0. The van der Waals surface area contributed by atoms with Gasteiger partial charge in [0.1, 0.15) is 0 Å². The highest BCUT2D eigenvalue weighted by Crippen LogP contribution is 2.32. The van der Waals surface area contributed by atoms with Crippen molar-refractivity contribution in [1.82, 2.24) is 10.2 Å². The molecule has 0 amide bonds. The zero-order valence-corrected chi connectivity index (χ0v) is 11.6. The molecule has 1 atom stereocenters. The lowest BCUT2D eigenvalue weighted by Gasteiger charge is -2.35. The first-order valence-electron chi connectivity index (χ1n) is 6.12. The second-order valence-electron chi connectivity index (χ2n) is 4.38. The van der Waals surface area contributed by atoms with Crippen molar-refractivity contribution in [3.05, 3.63) is 33.8 Å². The van der Waals surface area contributed by atoms with Crippen LogP contribution in [0, 0.1) is 0 Å². The van der Waals surface area contributed by atoms with E-state index in [1.54, 1.807) is 0 Å². The zero-order valence-electron chi connectivity index (χ0n) is 10.0. The van der Waals surface area contributed by atoms with Gasteiger partial charge < -0.3 is 5.32 Å². The molecule has 2 nitrogen and oxygen atoms in total. The minimum atomic E-state index is 0.378. The zero-order chi connectivity index (χ0) is 12.3. The molecule has 0 aromatic heterocycles. The molecule has 0 aliphatic carbocycles. The molecule has 1 aromatic carbocycles. The van der Waals surface area contributed by atoms with Crippen molar-refractivity contribution in [3.63, 3.8) is 0 Å². The van der Waals surface area contributed by atoms with Crippen LogP contribution in [-0.4, -0.2) is 31.1 Å². The van der Waals surface area contributed by atoms with E-state index in [0.29, 0.717) is 6.04 Å². The molecule has 1 heterocycles. The van der Waals surface area contributed by atoms with Gasteiger partial charge in [-0.3, -0.25) is 4.90 Å². The lowest BCUT2D eigenvalue weighted by molar-refractivity contribution is 0.169. The van der Waals surface area contributed by atoms with Crippen molar-refractivity contribution < 1.29 is 0 Å². The summed E-state index contributed by atoms with van der Waals surface area (Å²) in [4.78, 5) is 2.48. The van der Waals surface area contributed by atoms with E-state index in [1.165, 1.54) is 0 Å². The minimum absolute atomic E-state index is 0.378. The maximum atomic E-state index is 6.29. The molecule has 1 fully saturated rings. The molecule has 0 unspecified atom stereocenters. The quantitative estimate of drug-likeness (QED) is 0.908. The third kappa shape index (κ3) is 3.14. The van der Waals surface area contributed by atoms with Crippen molar-refractivity contribution in [2.24, 2.45) is 0 Å². The molecule has 0 bridgehead atoms. The molecular weight excluding hydrogens is 255 g/mol. The third-order valence-electron chi connectivity index (χ3n) is 3.30. The van der Waals surface area contributed by atoms with E-state index in [1.807, 2.05) is 18.2 Å². The van der Waals surface area contributed by atoms with Crippen LogP contribution in [0.4, 0.5) is 0 Å². The lowest BCUT2D eigenvalue weighted by Crippen LogP contribution is -2.45. The van der Waals surface area contributed by atoms with Crippen LogP contribution >= 0.6 is 23.2 Å². The second kappa shape index (κ2) is 6.05. The molecule has 1 aliphatic rings. The predicted octanol–water partition coefficient (Wildman–Crippen LogP) is 3.35. The fourth-order valence-electron chi connectivity index (χ4n) is 2.44. The van der Waals surface area contributed by atoms with E-state index >= 15 is 0 Å². The first-order chi connectivity index (χ1) is 8.22. The number of hydrogen-bond donors (Lipinski definition) is 1. The summed E-state index contributed by atoms with van der Waals surface area (Å²) in [5.41, 5.74) is 1.16. The van der Waals surface area contributed by atoms with Crippen LogP contribution in [-0.2, 0) is 0 Å². The fourth-order valence-corrected chi connectivity index (χ4v) is 2.86. The van der Waals surface area contributed by atoms with Crippen molar-refractivity contribution in [2.75, 3.05) is 26.2 Å². The van der Waals surface area contributed by atoms with Crippen LogP contribution in [0.15, 0.2) is 18.2 Å². The van der Waals surface area contributed by atoms with Crippen LogP contribution in [0.1, 0.15) is 24.9 Å². The van der Waals surface area contributed by atoms with Gasteiger partial charge in [-0.15, -0.1) is 0 Å². The highest BCUT2D eigenvalue weighted by atomic mass is 35.5. The summed E-state index contributed by atoms with van der Waals surface area (Å²) in [6.07, 6.45) is 1.06. The molecule has 4 heteroatoms. The molecule has 0 spiro atoms. The maximum absolute atomic E-state index is 6.29. The Balaban J connectivity index is 2.24.